The van der Waals surface area contributed by atoms with E-state index in [1.54, 1.807) is 12.1 Å². The van der Waals surface area contributed by atoms with Gasteiger partial charge in [0, 0.05) is 5.56 Å². The van der Waals surface area contributed by atoms with Crippen LogP contribution in [0.2, 0.25) is 0 Å². The molecule has 7 nitrogen and oxygen atoms in total. The smallest absolute Gasteiger partial charge is 0.360 e. The predicted octanol–water partition coefficient (Wildman–Crippen LogP) is 3.62. The molecule has 1 aromatic heterocycles. The highest BCUT2D eigenvalue weighted by molar-refractivity contribution is 6.00. The van der Waals surface area contributed by atoms with Gasteiger partial charge in [0.05, 0.1) is 12.7 Å². The molecule has 0 saturated carbocycles. The molecule has 0 unspecified atom stereocenters. The van der Waals surface area contributed by atoms with Gasteiger partial charge in [0.15, 0.2) is 17.8 Å². The lowest BCUT2D eigenvalue weighted by molar-refractivity contribution is 0.0593. The maximum absolute atomic E-state index is 11.8. The third-order valence-corrected chi connectivity index (χ3v) is 3.39. The minimum Gasteiger partial charge on any atom is -0.478 e. The summed E-state index contributed by atoms with van der Waals surface area (Å²) in [5.41, 5.74) is 0.00278. The van der Waals surface area contributed by atoms with Gasteiger partial charge in [-0.1, -0.05) is 18.2 Å². The molecule has 1 heterocycles. The van der Waals surface area contributed by atoms with E-state index in [2.05, 4.69) is 9.72 Å². The summed E-state index contributed by atoms with van der Waals surface area (Å²) in [4.78, 5) is 27.1. The summed E-state index contributed by atoms with van der Waals surface area (Å²) in [7, 11) is 1.20. The van der Waals surface area contributed by atoms with Crippen molar-refractivity contribution in [3.63, 3.8) is 0 Å². The van der Waals surface area contributed by atoms with Crippen LogP contribution in [0, 0.1) is 0 Å². The molecule has 0 saturated heterocycles. The molecule has 0 bridgehead atoms. The number of oxazole rings is 1. The summed E-state index contributed by atoms with van der Waals surface area (Å²) >= 11 is 0. The molecule has 2 aromatic carbocycles. The second-order valence-corrected chi connectivity index (χ2v) is 4.95. The Morgan fingerprint density at radius 2 is 1.84 bits per heavy atom. The SMILES string of the molecule is COC(=O)c1ncoc1-c1cc(Oc2ccccc2)ccc1C(=O)O. The van der Waals surface area contributed by atoms with Gasteiger partial charge in [-0.15, -0.1) is 0 Å². The molecule has 0 radical (unpaired) electrons. The topological polar surface area (TPSA) is 98.9 Å². The average molecular weight is 339 g/mol. The molecule has 3 rings (SSSR count). The average Bonchev–Trinajstić information content (AvgIpc) is 3.11. The Morgan fingerprint density at radius 3 is 2.52 bits per heavy atom. The lowest BCUT2D eigenvalue weighted by Crippen LogP contribution is -2.06. The number of aromatic nitrogens is 1. The van der Waals surface area contributed by atoms with Crippen LogP contribution in [0.1, 0.15) is 20.8 Å². The number of aromatic carboxylic acids is 1. The highest BCUT2D eigenvalue weighted by Gasteiger charge is 2.24. The first-order chi connectivity index (χ1) is 12.1. The molecular weight excluding hydrogens is 326 g/mol. The third kappa shape index (κ3) is 3.35. The standard InChI is InChI=1S/C18H13NO6/c1-23-18(22)15-16(24-10-19-15)14-9-12(7-8-13(14)17(20)21)25-11-5-3-2-4-6-11/h2-10H,1H3,(H,20,21). The van der Waals surface area contributed by atoms with Crippen LogP contribution in [0.4, 0.5) is 0 Å². The summed E-state index contributed by atoms with van der Waals surface area (Å²) in [6, 6.07) is 13.4. The highest BCUT2D eigenvalue weighted by Crippen LogP contribution is 2.32. The van der Waals surface area contributed by atoms with Crippen molar-refractivity contribution in [3.8, 4) is 22.8 Å². The van der Waals surface area contributed by atoms with E-state index in [4.69, 9.17) is 9.15 Å². The second kappa shape index (κ2) is 6.88. The number of carbonyl (C=O) groups is 2. The van der Waals surface area contributed by atoms with E-state index in [1.165, 1.54) is 25.3 Å². The van der Waals surface area contributed by atoms with Crippen LogP contribution in [0.15, 0.2) is 59.3 Å². The Hall–Kier alpha value is -3.61. The van der Waals surface area contributed by atoms with Gasteiger partial charge in [-0.2, -0.15) is 0 Å². The molecule has 0 spiro atoms. The van der Waals surface area contributed by atoms with Gasteiger partial charge in [0.1, 0.15) is 11.5 Å². The molecule has 0 amide bonds. The summed E-state index contributed by atoms with van der Waals surface area (Å²) < 4.78 is 15.6. The highest BCUT2D eigenvalue weighted by atomic mass is 16.5. The lowest BCUT2D eigenvalue weighted by atomic mass is 10.0. The molecule has 0 fully saturated rings. The van der Waals surface area contributed by atoms with E-state index in [1.807, 2.05) is 18.2 Å². The summed E-state index contributed by atoms with van der Waals surface area (Å²) in [6.07, 6.45) is 1.05. The van der Waals surface area contributed by atoms with E-state index in [0.717, 1.165) is 6.39 Å². The van der Waals surface area contributed by atoms with Crippen LogP contribution < -0.4 is 4.74 Å². The van der Waals surface area contributed by atoms with Crippen LogP contribution in [0.3, 0.4) is 0 Å². The Balaban J connectivity index is 2.08. The zero-order chi connectivity index (χ0) is 17.8. The number of ether oxygens (including phenoxy) is 2. The zero-order valence-corrected chi connectivity index (χ0v) is 13.1. The maximum atomic E-state index is 11.8. The normalized spacial score (nSPS) is 10.3. The number of carbonyl (C=O) groups excluding carboxylic acids is 1. The van der Waals surface area contributed by atoms with Crippen molar-refractivity contribution in [3.05, 3.63) is 66.2 Å². The number of hydrogen-bond donors (Lipinski definition) is 1. The van der Waals surface area contributed by atoms with Crippen LogP contribution in [0.25, 0.3) is 11.3 Å². The van der Waals surface area contributed by atoms with Crippen molar-refractivity contribution in [1.82, 2.24) is 4.98 Å². The van der Waals surface area contributed by atoms with Gasteiger partial charge < -0.3 is 19.0 Å². The molecule has 25 heavy (non-hydrogen) atoms. The van der Waals surface area contributed by atoms with Crippen molar-refractivity contribution in [2.75, 3.05) is 7.11 Å². The maximum Gasteiger partial charge on any atom is 0.360 e. The van der Waals surface area contributed by atoms with Gasteiger partial charge in [-0.3, -0.25) is 0 Å². The van der Waals surface area contributed by atoms with Crippen LogP contribution in [-0.4, -0.2) is 29.1 Å². The van der Waals surface area contributed by atoms with E-state index < -0.39 is 11.9 Å². The number of rotatable bonds is 5. The van der Waals surface area contributed by atoms with Crippen LogP contribution in [0.5, 0.6) is 11.5 Å². The molecule has 0 aliphatic rings. The molecule has 3 aromatic rings. The Bertz CT molecular complexity index is 916. The van der Waals surface area contributed by atoms with Gasteiger partial charge in [0.25, 0.3) is 0 Å². The van der Waals surface area contributed by atoms with Crippen molar-refractivity contribution >= 4 is 11.9 Å². The predicted molar refractivity (Wildman–Crippen MR) is 86.8 cm³/mol. The molecule has 7 heteroatoms. The summed E-state index contributed by atoms with van der Waals surface area (Å²) in [5.74, 6) is -0.925. The Morgan fingerprint density at radius 1 is 1.08 bits per heavy atom. The fourth-order valence-corrected chi connectivity index (χ4v) is 2.27. The molecule has 0 aliphatic heterocycles. The summed E-state index contributed by atoms with van der Waals surface area (Å²) in [6.45, 7) is 0. The number of carboxylic acids is 1. The number of hydrogen-bond acceptors (Lipinski definition) is 6. The van der Waals surface area contributed by atoms with E-state index in [9.17, 15) is 14.7 Å². The van der Waals surface area contributed by atoms with E-state index in [0.29, 0.717) is 11.5 Å². The van der Waals surface area contributed by atoms with Gasteiger partial charge in [-0.05, 0) is 30.3 Å². The van der Waals surface area contributed by atoms with Crippen LogP contribution in [-0.2, 0) is 4.74 Å². The third-order valence-electron chi connectivity index (χ3n) is 3.39. The monoisotopic (exact) mass is 339 g/mol. The quantitative estimate of drug-likeness (QED) is 0.709. The number of benzene rings is 2. The van der Waals surface area contributed by atoms with E-state index in [-0.39, 0.29) is 22.6 Å². The summed E-state index contributed by atoms with van der Waals surface area (Å²) in [5, 5.41) is 9.41. The fourth-order valence-electron chi connectivity index (χ4n) is 2.27. The van der Waals surface area contributed by atoms with Gasteiger partial charge in [0.2, 0.25) is 0 Å². The minimum absolute atomic E-state index is 0.00256. The van der Waals surface area contributed by atoms with Crippen molar-refractivity contribution in [2.24, 2.45) is 0 Å². The van der Waals surface area contributed by atoms with Gasteiger partial charge in [-0.25, -0.2) is 14.6 Å². The first-order valence-corrected chi connectivity index (χ1v) is 7.22. The first-order valence-electron chi connectivity index (χ1n) is 7.22. The molecule has 1 N–H and O–H groups in total. The first kappa shape index (κ1) is 16.3. The zero-order valence-electron chi connectivity index (χ0n) is 13.1. The molecular formula is C18H13NO6. The second-order valence-electron chi connectivity index (χ2n) is 4.95. The largest absolute Gasteiger partial charge is 0.478 e. The molecule has 0 aliphatic carbocycles. The van der Waals surface area contributed by atoms with E-state index >= 15 is 0 Å². The Kier molecular flexibility index (Phi) is 4.47. The van der Waals surface area contributed by atoms with Crippen molar-refractivity contribution in [1.29, 1.82) is 0 Å². The molecule has 0 atom stereocenters. The number of para-hydroxylation sites is 1. The van der Waals surface area contributed by atoms with Crippen LogP contribution >= 0.6 is 0 Å². The number of nitrogens with zero attached hydrogens (tertiary/aromatic N) is 1. The number of esters is 1. The molecule has 126 valence electrons. The lowest BCUT2D eigenvalue weighted by Gasteiger charge is -2.09. The fraction of sp³-hybridized carbons (Fsp3) is 0.0556. The van der Waals surface area contributed by atoms with Gasteiger partial charge >= 0.3 is 11.9 Å². The number of carboxylic acid groups (broad SMARTS) is 1. The minimum atomic E-state index is -1.17. The Labute approximate surface area is 142 Å². The number of methoxy groups -OCH3 is 1. The van der Waals surface area contributed by atoms with Crippen molar-refractivity contribution in [2.45, 2.75) is 0 Å². The van der Waals surface area contributed by atoms with Crippen molar-refractivity contribution < 1.29 is 28.6 Å².